The highest BCUT2D eigenvalue weighted by Crippen LogP contribution is 2.37. The number of carbonyl (C=O) groups is 1. The Labute approximate surface area is 164 Å². The van der Waals surface area contributed by atoms with Crippen LogP contribution in [0.25, 0.3) is 11.1 Å². The van der Waals surface area contributed by atoms with Crippen LogP contribution in [0.3, 0.4) is 0 Å². The zero-order valence-corrected chi connectivity index (χ0v) is 15.9. The van der Waals surface area contributed by atoms with Gasteiger partial charge >= 0.3 is 0 Å². The highest BCUT2D eigenvalue weighted by atomic mass is 16.2. The van der Waals surface area contributed by atoms with E-state index >= 15 is 0 Å². The number of anilines is 1. The van der Waals surface area contributed by atoms with Gasteiger partial charge < -0.3 is 15.2 Å². The van der Waals surface area contributed by atoms with Crippen molar-refractivity contribution in [1.29, 1.82) is 10.5 Å². The fraction of sp³-hybridized carbons (Fsp3) is 0.429. The predicted octanol–water partition coefficient (Wildman–Crippen LogP) is 2.58. The van der Waals surface area contributed by atoms with E-state index in [1.165, 1.54) is 0 Å². The number of rotatable bonds is 3. The van der Waals surface area contributed by atoms with E-state index in [4.69, 9.17) is 5.73 Å². The van der Waals surface area contributed by atoms with Crippen LogP contribution in [0, 0.1) is 28.6 Å². The first-order chi connectivity index (χ1) is 13.6. The van der Waals surface area contributed by atoms with Gasteiger partial charge in [-0.2, -0.15) is 10.5 Å². The van der Waals surface area contributed by atoms with Crippen LogP contribution in [0.2, 0.25) is 0 Å². The first-order valence-corrected chi connectivity index (χ1v) is 9.68. The third-order valence-corrected chi connectivity index (χ3v) is 5.90. The fourth-order valence-electron chi connectivity index (χ4n) is 4.11. The summed E-state index contributed by atoms with van der Waals surface area (Å²) in [6, 6.07) is 6.16. The highest BCUT2D eigenvalue weighted by molar-refractivity contribution is 5.83. The lowest BCUT2D eigenvalue weighted by molar-refractivity contribution is -0.139. The second-order valence-electron chi connectivity index (χ2n) is 7.43. The lowest BCUT2D eigenvalue weighted by Crippen LogP contribution is -2.42. The molecule has 2 aromatic rings. The average molecular weight is 374 g/mol. The summed E-state index contributed by atoms with van der Waals surface area (Å²) in [4.78, 5) is 19.1. The predicted molar refractivity (Wildman–Crippen MR) is 104 cm³/mol. The zero-order valence-electron chi connectivity index (χ0n) is 15.9. The monoisotopic (exact) mass is 374 g/mol. The second kappa shape index (κ2) is 7.01. The van der Waals surface area contributed by atoms with Crippen molar-refractivity contribution in [2.24, 2.45) is 5.92 Å². The summed E-state index contributed by atoms with van der Waals surface area (Å²) in [5.41, 5.74) is 10.1. The van der Waals surface area contributed by atoms with E-state index in [0.29, 0.717) is 42.9 Å². The lowest BCUT2D eigenvalue weighted by atomic mass is 9.83. The third kappa shape index (κ3) is 2.80. The minimum absolute atomic E-state index is 0.133. The van der Waals surface area contributed by atoms with Gasteiger partial charge in [0.2, 0.25) is 5.91 Å². The number of carbonyl (C=O) groups excluding carboxylic acids is 1. The van der Waals surface area contributed by atoms with E-state index in [1.807, 2.05) is 22.6 Å². The normalized spacial score (nSPS) is 16.0. The number of fused-ring (bicyclic) bond motifs is 1. The van der Waals surface area contributed by atoms with Crippen molar-refractivity contribution in [3.63, 3.8) is 0 Å². The Morgan fingerprint density at radius 1 is 1.36 bits per heavy atom. The molecule has 0 unspecified atom stereocenters. The molecular weight excluding hydrogens is 352 g/mol. The van der Waals surface area contributed by atoms with Crippen molar-refractivity contribution in [3.8, 4) is 23.3 Å². The minimum atomic E-state index is 0.133. The molecule has 28 heavy (non-hydrogen) atoms. The van der Waals surface area contributed by atoms with Crippen molar-refractivity contribution in [3.05, 3.63) is 34.8 Å². The maximum atomic E-state index is 12.8. The van der Waals surface area contributed by atoms with Crippen molar-refractivity contribution in [2.45, 2.75) is 45.7 Å². The van der Waals surface area contributed by atoms with Gasteiger partial charge in [-0.1, -0.05) is 6.42 Å². The molecule has 1 amide bonds. The van der Waals surface area contributed by atoms with Gasteiger partial charge in [-0.15, -0.1) is 0 Å². The van der Waals surface area contributed by atoms with Crippen molar-refractivity contribution >= 4 is 11.7 Å². The fourth-order valence-corrected chi connectivity index (χ4v) is 4.11. The Kier molecular flexibility index (Phi) is 4.52. The number of pyridine rings is 1. The molecule has 2 aromatic heterocycles. The molecule has 142 valence electrons. The molecule has 7 heteroatoms. The number of aromatic nitrogens is 2. The van der Waals surface area contributed by atoms with E-state index in [2.05, 4.69) is 17.1 Å². The van der Waals surface area contributed by atoms with Gasteiger partial charge in [0.25, 0.3) is 0 Å². The van der Waals surface area contributed by atoms with Crippen LogP contribution in [-0.2, 0) is 24.3 Å². The number of hydrogen-bond donors (Lipinski definition) is 1. The number of nitriles is 2. The Morgan fingerprint density at radius 3 is 2.71 bits per heavy atom. The van der Waals surface area contributed by atoms with Crippen LogP contribution in [0.1, 0.15) is 48.7 Å². The average Bonchev–Trinajstić information content (AvgIpc) is 3.08. The van der Waals surface area contributed by atoms with Crippen molar-refractivity contribution < 1.29 is 4.79 Å². The van der Waals surface area contributed by atoms with E-state index in [9.17, 15) is 15.3 Å². The minimum Gasteiger partial charge on any atom is -0.383 e. The van der Waals surface area contributed by atoms with Crippen molar-refractivity contribution in [2.75, 3.05) is 12.3 Å². The number of nitrogens with zero attached hydrogens (tertiary/aromatic N) is 5. The molecule has 1 fully saturated rings. The van der Waals surface area contributed by atoms with Gasteiger partial charge in [0.15, 0.2) is 0 Å². The molecule has 0 spiro atoms. The van der Waals surface area contributed by atoms with Gasteiger partial charge in [-0.3, -0.25) is 4.79 Å². The van der Waals surface area contributed by atoms with Gasteiger partial charge in [0, 0.05) is 54.9 Å². The molecule has 1 saturated carbocycles. The summed E-state index contributed by atoms with van der Waals surface area (Å²) < 4.78 is 1.85. The van der Waals surface area contributed by atoms with E-state index < -0.39 is 0 Å². The molecule has 2 aliphatic rings. The molecule has 1 aliphatic heterocycles. The molecule has 7 nitrogen and oxygen atoms in total. The topological polar surface area (TPSA) is 112 Å². The largest absolute Gasteiger partial charge is 0.383 e. The van der Waals surface area contributed by atoms with E-state index in [0.717, 1.165) is 36.1 Å². The summed E-state index contributed by atoms with van der Waals surface area (Å²) in [7, 11) is 0. The van der Waals surface area contributed by atoms with E-state index in [1.54, 1.807) is 6.07 Å². The Bertz CT molecular complexity index is 1030. The summed E-state index contributed by atoms with van der Waals surface area (Å²) in [5.74, 6) is 0.536. The summed E-state index contributed by atoms with van der Waals surface area (Å²) in [5, 5.41) is 19.2. The molecule has 0 atom stereocenters. The SMILES string of the molecule is CCn1cc(-c2c(C#N)c(N)nc3c2CN(C(=O)C2CCC2)CC3)cc1C#N. The summed E-state index contributed by atoms with van der Waals surface area (Å²) in [6.45, 7) is 3.67. The van der Waals surface area contributed by atoms with Gasteiger partial charge in [0.1, 0.15) is 29.2 Å². The van der Waals surface area contributed by atoms with Crippen LogP contribution in [0.5, 0.6) is 0 Å². The molecule has 0 radical (unpaired) electrons. The maximum Gasteiger partial charge on any atom is 0.225 e. The van der Waals surface area contributed by atoms with Crippen LogP contribution < -0.4 is 5.73 Å². The second-order valence-corrected chi connectivity index (χ2v) is 7.43. The number of amides is 1. The third-order valence-electron chi connectivity index (χ3n) is 5.90. The molecular formula is C21H22N6O. The summed E-state index contributed by atoms with van der Waals surface area (Å²) >= 11 is 0. The lowest BCUT2D eigenvalue weighted by Gasteiger charge is -2.35. The first-order valence-electron chi connectivity index (χ1n) is 9.68. The Hall–Kier alpha value is -3.32. The van der Waals surface area contributed by atoms with Gasteiger partial charge in [0.05, 0.1) is 5.69 Å². The highest BCUT2D eigenvalue weighted by Gasteiger charge is 2.33. The zero-order chi connectivity index (χ0) is 19.8. The smallest absolute Gasteiger partial charge is 0.225 e. The standard InChI is InChI=1S/C21H22N6O/c1-2-26-11-14(8-15(26)9-22)19-16(10-23)20(24)25-18-6-7-27(12-17(18)19)21(28)13-4-3-5-13/h8,11,13H,2-7,12H2,1H3,(H2,24,25). The van der Waals surface area contributed by atoms with E-state index in [-0.39, 0.29) is 17.6 Å². The van der Waals surface area contributed by atoms with Crippen LogP contribution in [-0.4, -0.2) is 26.9 Å². The Morgan fingerprint density at radius 2 is 2.14 bits per heavy atom. The molecule has 0 aromatic carbocycles. The maximum absolute atomic E-state index is 12.8. The van der Waals surface area contributed by atoms with Gasteiger partial charge in [-0.05, 0) is 25.8 Å². The molecule has 0 saturated heterocycles. The number of hydrogen-bond acceptors (Lipinski definition) is 5. The van der Waals surface area contributed by atoms with Crippen molar-refractivity contribution in [1.82, 2.24) is 14.5 Å². The number of aryl methyl sites for hydroxylation is 1. The molecule has 1 aliphatic carbocycles. The molecule has 2 N–H and O–H groups in total. The van der Waals surface area contributed by atoms with Crippen LogP contribution in [0.4, 0.5) is 5.82 Å². The first kappa shape index (κ1) is 18.1. The number of nitrogen functional groups attached to an aromatic ring is 1. The quantitative estimate of drug-likeness (QED) is 0.887. The van der Waals surface area contributed by atoms with Gasteiger partial charge in [-0.25, -0.2) is 4.98 Å². The molecule has 4 rings (SSSR count). The Balaban J connectivity index is 1.83. The van der Waals surface area contributed by atoms with Crippen LogP contribution in [0.15, 0.2) is 12.3 Å². The molecule has 0 bridgehead atoms. The molecule has 3 heterocycles. The summed E-state index contributed by atoms with van der Waals surface area (Å²) in [6.07, 6.45) is 5.54. The van der Waals surface area contributed by atoms with Crippen LogP contribution >= 0.6 is 0 Å². The number of nitrogens with two attached hydrogens (primary N) is 1.